The molecule has 4 rings (SSSR count). The van der Waals surface area contributed by atoms with E-state index >= 15 is 0 Å². The van der Waals surface area contributed by atoms with Crippen LogP contribution in [0.5, 0.6) is 5.75 Å². The molecule has 0 aliphatic heterocycles. The number of hydrogen-bond acceptors (Lipinski definition) is 5. The van der Waals surface area contributed by atoms with Gasteiger partial charge in [-0.1, -0.05) is 30.3 Å². The Kier molecular flexibility index (Phi) is 5.63. The summed E-state index contributed by atoms with van der Waals surface area (Å²) < 4.78 is 9.02. The Morgan fingerprint density at radius 1 is 1.00 bits per heavy atom. The second kappa shape index (κ2) is 8.54. The van der Waals surface area contributed by atoms with E-state index in [1.807, 2.05) is 42.5 Å². The number of rotatable bonds is 6. The molecular formula is C23H23N5O4. The van der Waals surface area contributed by atoms with Crippen LogP contribution in [-0.2, 0) is 32.0 Å². The van der Waals surface area contributed by atoms with Gasteiger partial charge in [0, 0.05) is 19.8 Å². The summed E-state index contributed by atoms with van der Waals surface area (Å²) in [5.74, 6) is 0.458. The van der Waals surface area contributed by atoms with Gasteiger partial charge in [-0.15, -0.1) is 0 Å². The van der Waals surface area contributed by atoms with Crippen LogP contribution in [0.4, 0.5) is 5.69 Å². The molecule has 0 saturated carbocycles. The number of aromatic nitrogens is 4. The number of imidazole rings is 1. The van der Waals surface area contributed by atoms with E-state index in [1.54, 1.807) is 31.2 Å². The van der Waals surface area contributed by atoms with Crippen molar-refractivity contribution in [3.05, 3.63) is 87.3 Å². The number of hydrogen-bond donors (Lipinski definition) is 0. The molecule has 0 aliphatic rings. The predicted octanol–water partition coefficient (Wildman–Crippen LogP) is 1.68. The molecule has 9 nitrogen and oxygen atoms in total. The number of benzene rings is 2. The molecule has 32 heavy (non-hydrogen) atoms. The Bertz CT molecular complexity index is 1380. The third kappa shape index (κ3) is 3.80. The molecule has 2 heterocycles. The molecule has 0 saturated heterocycles. The standard InChI is InChI=1S/C23H23N5O4/c1-25-21-20(22(30)26(2)23(25)31)27(15-24-21)14-19(29)28(13-16-7-5-4-6-8-16)17-9-11-18(32-3)12-10-17/h4-12,15H,13-14H2,1-3H3. The third-order valence-corrected chi connectivity index (χ3v) is 5.39. The Hall–Kier alpha value is -4.14. The van der Waals surface area contributed by atoms with Crippen LogP contribution in [0.2, 0.25) is 0 Å². The summed E-state index contributed by atoms with van der Waals surface area (Å²) in [5, 5.41) is 0. The highest BCUT2D eigenvalue weighted by molar-refractivity contribution is 5.93. The van der Waals surface area contributed by atoms with Crippen molar-refractivity contribution >= 4 is 22.8 Å². The Labute approximate surface area is 183 Å². The van der Waals surface area contributed by atoms with Crippen LogP contribution < -0.4 is 20.9 Å². The predicted molar refractivity (Wildman–Crippen MR) is 121 cm³/mol. The summed E-state index contributed by atoms with van der Waals surface area (Å²) in [5.41, 5.74) is 1.15. The van der Waals surface area contributed by atoms with Crippen molar-refractivity contribution in [1.82, 2.24) is 18.7 Å². The SMILES string of the molecule is COc1ccc(N(Cc2ccccc2)C(=O)Cn2cnc3c2c(=O)n(C)c(=O)n3C)cc1. The minimum absolute atomic E-state index is 0.108. The van der Waals surface area contributed by atoms with Crippen molar-refractivity contribution in [1.29, 1.82) is 0 Å². The van der Waals surface area contributed by atoms with Gasteiger partial charge < -0.3 is 14.2 Å². The molecule has 0 fully saturated rings. The van der Waals surface area contributed by atoms with Gasteiger partial charge in [0.2, 0.25) is 5.91 Å². The van der Waals surface area contributed by atoms with Gasteiger partial charge in [0.25, 0.3) is 5.56 Å². The molecule has 2 aromatic carbocycles. The molecule has 0 N–H and O–H groups in total. The van der Waals surface area contributed by atoms with E-state index in [-0.39, 0.29) is 23.6 Å². The number of ether oxygens (including phenoxy) is 1. The van der Waals surface area contributed by atoms with E-state index in [1.165, 1.54) is 22.5 Å². The van der Waals surface area contributed by atoms with Gasteiger partial charge in [-0.25, -0.2) is 9.78 Å². The molecule has 0 aliphatic carbocycles. The molecule has 0 radical (unpaired) electrons. The van der Waals surface area contributed by atoms with Crippen LogP contribution in [0.15, 0.2) is 70.5 Å². The largest absolute Gasteiger partial charge is 0.497 e. The summed E-state index contributed by atoms with van der Waals surface area (Å²) in [6, 6.07) is 16.9. The highest BCUT2D eigenvalue weighted by Crippen LogP contribution is 2.22. The average Bonchev–Trinajstić information content (AvgIpc) is 3.24. The molecule has 4 aromatic rings. The van der Waals surface area contributed by atoms with Crippen molar-refractivity contribution in [2.24, 2.45) is 14.1 Å². The molecule has 0 atom stereocenters. The number of carbonyl (C=O) groups is 1. The van der Waals surface area contributed by atoms with Crippen LogP contribution in [0.3, 0.4) is 0 Å². The number of amides is 1. The smallest absolute Gasteiger partial charge is 0.332 e. The lowest BCUT2D eigenvalue weighted by Gasteiger charge is -2.23. The Balaban J connectivity index is 1.73. The first-order chi connectivity index (χ1) is 15.4. The number of aryl methyl sites for hydroxylation is 1. The molecule has 1 amide bonds. The quantitative estimate of drug-likeness (QED) is 0.461. The summed E-state index contributed by atoms with van der Waals surface area (Å²) in [6.45, 7) is 0.248. The van der Waals surface area contributed by atoms with E-state index in [0.29, 0.717) is 18.0 Å². The zero-order chi connectivity index (χ0) is 22.8. The van der Waals surface area contributed by atoms with Crippen molar-refractivity contribution in [2.45, 2.75) is 13.1 Å². The zero-order valence-electron chi connectivity index (χ0n) is 18.1. The molecule has 9 heteroatoms. The molecule has 0 spiro atoms. The number of nitrogens with zero attached hydrogens (tertiary/aromatic N) is 5. The molecule has 2 aromatic heterocycles. The van der Waals surface area contributed by atoms with Gasteiger partial charge in [0.05, 0.1) is 20.0 Å². The first kappa shape index (κ1) is 21.1. The van der Waals surface area contributed by atoms with Gasteiger partial charge in [0.15, 0.2) is 11.2 Å². The first-order valence-electron chi connectivity index (χ1n) is 10.00. The van der Waals surface area contributed by atoms with Gasteiger partial charge in [-0.3, -0.25) is 18.7 Å². The minimum Gasteiger partial charge on any atom is -0.497 e. The maximum atomic E-state index is 13.4. The minimum atomic E-state index is -0.493. The van der Waals surface area contributed by atoms with Gasteiger partial charge in [0.1, 0.15) is 12.3 Å². The second-order valence-electron chi connectivity index (χ2n) is 7.41. The third-order valence-electron chi connectivity index (χ3n) is 5.39. The van der Waals surface area contributed by atoms with E-state index in [2.05, 4.69) is 4.98 Å². The first-order valence-corrected chi connectivity index (χ1v) is 10.00. The maximum Gasteiger partial charge on any atom is 0.332 e. The van der Waals surface area contributed by atoms with Crippen molar-refractivity contribution < 1.29 is 9.53 Å². The van der Waals surface area contributed by atoms with E-state index in [0.717, 1.165) is 10.1 Å². The van der Waals surface area contributed by atoms with Crippen molar-refractivity contribution in [2.75, 3.05) is 12.0 Å². The highest BCUT2D eigenvalue weighted by atomic mass is 16.5. The fraction of sp³-hybridized carbons (Fsp3) is 0.217. The summed E-state index contributed by atoms with van der Waals surface area (Å²) in [6.07, 6.45) is 1.41. The van der Waals surface area contributed by atoms with Crippen molar-refractivity contribution in [3.8, 4) is 5.75 Å². The van der Waals surface area contributed by atoms with E-state index in [4.69, 9.17) is 4.74 Å². The fourth-order valence-corrected chi connectivity index (χ4v) is 3.60. The van der Waals surface area contributed by atoms with Crippen LogP contribution in [0.1, 0.15) is 5.56 Å². The van der Waals surface area contributed by atoms with Gasteiger partial charge >= 0.3 is 5.69 Å². The van der Waals surface area contributed by atoms with Crippen LogP contribution in [-0.4, -0.2) is 31.7 Å². The van der Waals surface area contributed by atoms with Gasteiger partial charge in [-0.05, 0) is 29.8 Å². The van der Waals surface area contributed by atoms with Crippen molar-refractivity contribution in [3.63, 3.8) is 0 Å². The highest BCUT2D eigenvalue weighted by Gasteiger charge is 2.20. The topological polar surface area (TPSA) is 91.4 Å². The Morgan fingerprint density at radius 3 is 2.34 bits per heavy atom. The summed E-state index contributed by atoms with van der Waals surface area (Å²) in [7, 11) is 4.53. The summed E-state index contributed by atoms with van der Waals surface area (Å²) in [4.78, 5) is 44.2. The van der Waals surface area contributed by atoms with Crippen LogP contribution >= 0.6 is 0 Å². The number of carbonyl (C=O) groups excluding carboxylic acids is 1. The maximum absolute atomic E-state index is 13.4. The summed E-state index contributed by atoms with van der Waals surface area (Å²) >= 11 is 0. The molecule has 0 bridgehead atoms. The Morgan fingerprint density at radius 2 is 1.69 bits per heavy atom. The van der Waals surface area contributed by atoms with Gasteiger partial charge in [-0.2, -0.15) is 0 Å². The number of fused-ring (bicyclic) bond motifs is 1. The zero-order valence-corrected chi connectivity index (χ0v) is 18.1. The number of anilines is 1. The lowest BCUT2D eigenvalue weighted by Crippen LogP contribution is -2.38. The fourth-order valence-electron chi connectivity index (χ4n) is 3.60. The number of methoxy groups -OCH3 is 1. The molecule has 164 valence electrons. The molecular weight excluding hydrogens is 410 g/mol. The lowest BCUT2D eigenvalue weighted by atomic mass is 10.2. The van der Waals surface area contributed by atoms with Crippen LogP contribution in [0.25, 0.3) is 11.2 Å². The van der Waals surface area contributed by atoms with E-state index < -0.39 is 11.2 Å². The monoisotopic (exact) mass is 433 g/mol. The lowest BCUT2D eigenvalue weighted by molar-refractivity contribution is -0.119. The van der Waals surface area contributed by atoms with E-state index in [9.17, 15) is 14.4 Å². The second-order valence-corrected chi connectivity index (χ2v) is 7.41. The van der Waals surface area contributed by atoms with Crippen LogP contribution in [0, 0.1) is 0 Å². The normalized spacial score (nSPS) is 11.0. The molecule has 0 unspecified atom stereocenters. The average molecular weight is 433 g/mol.